The number of rotatable bonds is 7. The molecule has 9 heteroatoms. The van der Waals surface area contributed by atoms with E-state index in [1.165, 1.54) is 12.1 Å². The highest BCUT2D eigenvalue weighted by atomic mass is 35.5. The Kier molecular flexibility index (Phi) is 6.65. The topological polar surface area (TPSA) is 86.9 Å². The minimum absolute atomic E-state index is 0.000756. The monoisotopic (exact) mass is 468 g/mol. The van der Waals surface area contributed by atoms with E-state index in [1.807, 2.05) is 0 Å². The van der Waals surface area contributed by atoms with Crippen molar-refractivity contribution in [3.05, 3.63) is 94.3 Å². The molecule has 0 bridgehead atoms. The van der Waals surface area contributed by atoms with Crippen LogP contribution < -0.4 is 10.6 Å². The summed E-state index contributed by atoms with van der Waals surface area (Å²) < 4.78 is 27.0. The molecule has 4 aromatic rings. The maximum atomic E-state index is 13.9. The van der Waals surface area contributed by atoms with Crippen molar-refractivity contribution in [1.29, 1.82) is 0 Å². The van der Waals surface area contributed by atoms with Crippen LogP contribution in [0, 0.1) is 11.6 Å². The van der Waals surface area contributed by atoms with Gasteiger partial charge in [0.05, 0.1) is 21.6 Å². The third kappa shape index (κ3) is 5.53. The summed E-state index contributed by atoms with van der Waals surface area (Å²) in [7, 11) is 0. The van der Waals surface area contributed by atoms with Gasteiger partial charge in [0.25, 0.3) is 5.91 Å². The minimum Gasteiger partial charge on any atom is -0.351 e. The number of amides is 2. The molecule has 1 heterocycles. The molecule has 1 aromatic heterocycles. The summed E-state index contributed by atoms with van der Waals surface area (Å²) >= 11 is 5.87. The second-order valence-electron chi connectivity index (χ2n) is 7.36. The highest BCUT2D eigenvalue weighted by Crippen LogP contribution is 2.20. The van der Waals surface area contributed by atoms with Crippen LogP contribution in [-0.2, 0) is 11.2 Å². The zero-order valence-corrected chi connectivity index (χ0v) is 18.0. The standard InChI is InChI=1S/C24H19ClF2N4O2/c25-18-12-15(26)5-7-17(18)24(33)28-10-9-23(32)29-16-6-8-20-21(13-16)31-22(30-20)11-14-3-1-2-4-19(14)27/h1-8,12-13H,9-11H2,(H,28,33)(H,29,32)(H,30,31). The highest BCUT2D eigenvalue weighted by Gasteiger charge is 2.12. The van der Waals surface area contributed by atoms with Crippen molar-refractivity contribution in [2.75, 3.05) is 11.9 Å². The molecule has 4 rings (SSSR count). The van der Waals surface area contributed by atoms with E-state index in [2.05, 4.69) is 20.6 Å². The van der Waals surface area contributed by atoms with E-state index in [0.717, 1.165) is 12.1 Å². The third-order valence-electron chi connectivity index (χ3n) is 4.94. The lowest BCUT2D eigenvalue weighted by Crippen LogP contribution is -2.27. The molecule has 0 radical (unpaired) electrons. The van der Waals surface area contributed by atoms with Crippen LogP contribution in [0.15, 0.2) is 60.7 Å². The maximum absolute atomic E-state index is 13.9. The van der Waals surface area contributed by atoms with Gasteiger partial charge in [-0.3, -0.25) is 9.59 Å². The van der Waals surface area contributed by atoms with Crippen molar-refractivity contribution in [2.24, 2.45) is 0 Å². The van der Waals surface area contributed by atoms with Crippen molar-refractivity contribution in [3.8, 4) is 0 Å². The number of fused-ring (bicyclic) bond motifs is 1. The number of hydrogen-bond acceptors (Lipinski definition) is 3. The zero-order valence-electron chi connectivity index (χ0n) is 17.3. The average molecular weight is 469 g/mol. The molecule has 0 fully saturated rings. The molecule has 0 spiro atoms. The number of aromatic amines is 1. The van der Waals surface area contributed by atoms with Crippen molar-refractivity contribution >= 4 is 40.1 Å². The number of halogens is 3. The smallest absolute Gasteiger partial charge is 0.252 e. The first-order chi connectivity index (χ1) is 15.9. The molecule has 0 atom stereocenters. The van der Waals surface area contributed by atoms with E-state index < -0.39 is 11.7 Å². The fourth-order valence-corrected chi connectivity index (χ4v) is 3.58. The van der Waals surface area contributed by atoms with Gasteiger partial charge in [0.1, 0.15) is 17.5 Å². The largest absolute Gasteiger partial charge is 0.351 e. The normalized spacial score (nSPS) is 10.9. The molecule has 0 aliphatic rings. The molecule has 0 unspecified atom stereocenters. The van der Waals surface area contributed by atoms with E-state index in [0.29, 0.717) is 34.5 Å². The Balaban J connectivity index is 1.33. The van der Waals surface area contributed by atoms with Gasteiger partial charge >= 0.3 is 0 Å². The van der Waals surface area contributed by atoms with E-state index >= 15 is 0 Å². The molecule has 6 nitrogen and oxygen atoms in total. The molecule has 2 amide bonds. The predicted molar refractivity (Wildman–Crippen MR) is 122 cm³/mol. The molecule has 168 valence electrons. The lowest BCUT2D eigenvalue weighted by Gasteiger charge is -2.08. The predicted octanol–water partition coefficient (Wildman–Crippen LogP) is 4.84. The molecular formula is C24H19ClF2N4O2. The van der Waals surface area contributed by atoms with E-state index in [1.54, 1.807) is 36.4 Å². The van der Waals surface area contributed by atoms with Crippen LogP contribution in [-0.4, -0.2) is 28.3 Å². The molecule has 3 N–H and O–H groups in total. The number of anilines is 1. The van der Waals surface area contributed by atoms with Crippen LogP contribution in [0.2, 0.25) is 5.02 Å². The zero-order chi connectivity index (χ0) is 23.4. The number of imidazole rings is 1. The van der Waals surface area contributed by atoms with Crippen LogP contribution in [0.3, 0.4) is 0 Å². The highest BCUT2D eigenvalue weighted by molar-refractivity contribution is 6.33. The summed E-state index contributed by atoms with van der Waals surface area (Å²) in [6.45, 7) is 0.0808. The molecule has 0 saturated carbocycles. The minimum atomic E-state index is -0.537. The third-order valence-corrected chi connectivity index (χ3v) is 5.26. The molecular weight excluding hydrogens is 450 g/mol. The van der Waals surface area contributed by atoms with Gasteiger partial charge in [-0.25, -0.2) is 13.8 Å². The Morgan fingerprint density at radius 1 is 1.03 bits per heavy atom. The Hall–Kier alpha value is -3.78. The summed E-state index contributed by atoms with van der Waals surface area (Å²) in [5, 5.41) is 5.34. The van der Waals surface area contributed by atoms with Gasteiger partial charge < -0.3 is 15.6 Å². The van der Waals surface area contributed by atoms with Crippen molar-refractivity contribution in [1.82, 2.24) is 15.3 Å². The number of carbonyl (C=O) groups excluding carboxylic acids is 2. The van der Waals surface area contributed by atoms with Gasteiger partial charge in [0.2, 0.25) is 5.91 Å². The Morgan fingerprint density at radius 3 is 2.64 bits per heavy atom. The first-order valence-corrected chi connectivity index (χ1v) is 10.5. The number of H-pyrrole nitrogens is 1. The Morgan fingerprint density at radius 2 is 1.85 bits per heavy atom. The van der Waals surface area contributed by atoms with Crippen LogP contribution >= 0.6 is 11.6 Å². The van der Waals surface area contributed by atoms with Gasteiger partial charge in [0, 0.05) is 25.1 Å². The molecule has 33 heavy (non-hydrogen) atoms. The first-order valence-electron chi connectivity index (χ1n) is 10.1. The number of nitrogens with one attached hydrogen (secondary N) is 3. The second-order valence-corrected chi connectivity index (χ2v) is 7.77. The van der Waals surface area contributed by atoms with Crippen LogP contribution in [0.1, 0.15) is 28.2 Å². The maximum Gasteiger partial charge on any atom is 0.252 e. The second kappa shape index (κ2) is 9.79. The SMILES string of the molecule is O=C(CCNC(=O)c1ccc(F)cc1Cl)Nc1ccc2nc(Cc3ccccc3F)[nH]c2c1. The number of aromatic nitrogens is 2. The van der Waals surface area contributed by atoms with Gasteiger partial charge in [0.15, 0.2) is 0 Å². The van der Waals surface area contributed by atoms with E-state index in [9.17, 15) is 18.4 Å². The summed E-state index contributed by atoms with van der Waals surface area (Å²) in [6, 6.07) is 15.2. The lowest BCUT2D eigenvalue weighted by atomic mass is 10.1. The summed E-state index contributed by atoms with van der Waals surface area (Å²) in [6.07, 6.45) is 0.352. The van der Waals surface area contributed by atoms with Crippen LogP contribution in [0.4, 0.5) is 14.5 Å². The Bertz CT molecular complexity index is 1340. The van der Waals surface area contributed by atoms with Crippen molar-refractivity contribution in [3.63, 3.8) is 0 Å². The van der Waals surface area contributed by atoms with Crippen molar-refractivity contribution < 1.29 is 18.4 Å². The number of carbonyl (C=O) groups is 2. The molecule has 0 aliphatic carbocycles. The Labute approximate surface area is 193 Å². The van der Waals surface area contributed by atoms with Gasteiger partial charge in [-0.05, 0) is 48.0 Å². The summed E-state index contributed by atoms with van der Waals surface area (Å²) in [5.41, 5.74) is 2.63. The number of benzene rings is 3. The van der Waals surface area contributed by atoms with Gasteiger partial charge in [-0.1, -0.05) is 29.8 Å². The van der Waals surface area contributed by atoms with E-state index in [-0.39, 0.29) is 35.3 Å². The summed E-state index contributed by atoms with van der Waals surface area (Å²) in [5.74, 6) is -1.01. The van der Waals surface area contributed by atoms with Crippen LogP contribution in [0.5, 0.6) is 0 Å². The van der Waals surface area contributed by atoms with Gasteiger partial charge in [-0.2, -0.15) is 0 Å². The van der Waals surface area contributed by atoms with Crippen LogP contribution in [0.25, 0.3) is 11.0 Å². The summed E-state index contributed by atoms with van der Waals surface area (Å²) in [4.78, 5) is 32.0. The molecule has 0 aliphatic heterocycles. The first kappa shape index (κ1) is 22.4. The lowest BCUT2D eigenvalue weighted by molar-refractivity contribution is -0.116. The number of hydrogen-bond donors (Lipinski definition) is 3. The quantitative estimate of drug-likeness (QED) is 0.362. The average Bonchev–Trinajstić information content (AvgIpc) is 3.17. The van der Waals surface area contributed by atoms with Gasteiger partial charge in [-0.15, -0.1) is 0 Å². The van der Waals surface area contributed by atoms with Crippen molar-refractivity contribution in [2.45, 2.75) is 12.8 Å². The van der Waals surface area contributed by atoms with E-state index in [4.69, 9.17) is 11.6 Å². The fraction of sp³-hybridized carbons (Fsp3) is 0.125. The molecule has 0 saturated heterocycles. The molecule has 3 aromatic carbocycles. The fourth-order valence-electron chi connectivity index (χ4n) is 3.33. The number of nitrogens with zero attached hydrogens (tertiary/aromatic N) is 1.